The molecule has 0 aliphatic carbocycles. The molecule has 29 heavy (non-hydrogen) atoms. The Balaban J connectivity index is 1.45. The smallest absolute Gasteiger partial charge is 0.341 e. The summed E-state index contributed by atoms with van der Waals surface area (Å²) in [6.07, 6.45) is -0.0889. The summed E-state index contributed by atoms with van der Waals surface area (Å²) in [5, 5.41) is 10.3. The fraction of sp³-hybridized carbons (Fsp3) is 0.556. The van der Waals surface area contributed by atoms with Gasteiger partial charge in [-0.25, -0.2) is 0 Å². The van der Waals surface area contributed by atoms with E-state index in [1.165, 1.54) is 0 Å². The highest BCUT2D eigenvalue weighted by Crippen LogP contribution is 2.27. The van der Waals surface area contributed by atoms with Gasteiger partial charge in [-0.05, 0) is 31.7 Å². The van der Waals surface area contributed by atoms with Crippen molar-refractivity contribution in [2.45, 2.75) is 38.9 Å². The summed E-state index contributed by atoms with van der Waals surface area (Å²) in [5.74, 6) is -0.227. The number of aromatic nitrogens is 4. The van der Waals surface area contributed by atoms with Crippen molar-refractivity contribution in [2.24, 2.45) is 13.0 Å². The van der Waals surface area contributed by atoms with Crippen molar-refractivity contribution in [1.29, 1.82) is 0 Å². The van der Waals surface area contributed by atoms with Crippen LogP contribution < -0.4 is 5.32 Å². The Labute approximate surface area is 165 Å². The van der Waals surface area contributed by atoms with Gasteiger partial charge >= 0.3 is 6.18 Å². The molecule has 0 radical (unpaired) electrons. The number of carbonyl (C=O) groups is 2. The van der Waals surface area contributed by atoms with E-state index in [2.05, 4.69) is 15.5 Å². The Morgan fingerprint density at radius 1 is 1.28 bits per heavy atom. The summed E-state index contributed by atoms with van der Waals surface area (Å²) in [7, 11) is 1.80. The van der Waals surface area contributed by atoms with E-state index < -0.39 is 11.9 Å². The van der Waals surface area contributed by atoms with E-state index in [-0.39, 0.29) is 24.3 Å². The van der Waals surface area contributed by atoms with Crippen molar-refractivity contribution < 1.29 is 22.8 Å². The quantitative estimate of drug-likeness (QED) is 0.816. The molecule has 0 spiro atoms. The van der Waals surface area contributed by atoms with Crippen molar-refractivity contribution >= 4 is 17.5 Å². The maximum atomic E-state index is 12.6. The van der Waals surface area contributed by atoms with Crippen molar-refractivity contribution in [3.63, 3.8) is 0 Å². The fourth-order valence-corrected chi connectivity index (χ4v) is 3.31. The molecule has 1 N–H and O–H groups in total. The van der Waals surface area contributed by atoms with Gasteiger partial charge in [0.2, 0.25) is 11.8 Å². The molecule has 0 unspecified atom stereocenters. The molecule has 0 atom stereocenters. The number of rotatable bonds is 5. The number of amides is 2. The normalized spacial score (nSPS) is 15.6. The monoisotopic (exact) mass is 412 g/mol. The molecule has 8 nitrogen and oxygen atoms in total. The number of aryl methyl sites for hydroxylation is 1. The number of nitrogens with one attached hydrogen (secondary N) is 1. The minimum atomic E-state index is -4.53. The van der Waals surface area contributed by atoms with Crippen LogP contribution in [0.15, 0.2) is 18.5 Å². The van der Waals surface area contributed by atoms with Crippen LogP contribution in [0.25, 0.3) is 0 Å². The molecule has 1 fully saturated rings. The van der Waals surface area contributed by atoms with Gasteiger partial charge in [-0.15, -0.1) is 0 Å². The second kappa shape index (κ2) is 8.26. The number of likely N-dealkylation sites (tertiary alicyclic amines) is 1. The number of nitrogens with zero attached hydrogens (tertiary/aromatic N) is 5. The molecular weight excluding hydrogens is 389 g/mol. The maximum absolute atomic E-state index is 12.6. The van der Waals surface area contributed by atoms with E-state index in [1.54, 1.807) is 22.8 Å². The fourth-order valence-electron chi connectivity index (χ4n) is 3.31. The summed E-state index contributed by atoms with van der Waals surface area (Å²) >= 11 is 0. The highest BCUT2D eigenvalue weighted by Gasteiger charge is 2.34. The van der Waals surface area contributed by atoms with Crippen LogP contribution in [0.4, 0.5) is 18.9 Å². The average molecular weight is 412 g/mol. The van der Waals surface area contributed by atoms with Gasteiger partial charge in [0.15, 0.2) is 5.69 Å². The third-order valence-electron chi connectivity index (χ3n) is 5.18. The molecule has 1 aliphatic heterocycles. The highest BCUT2D eigenvalue weighted by molar-refractivity contribution is 5.91. The average Bonchev–Trinajstić information content (AvgIpc) is 3.24. The van der Waals surface area contributed by atoms with Crippen molar-refractivity contribution in [1.82, 2.24) is 24.5 Å². The Morgan fingerprint density at radius 2 is 1.97 bits per heavy atom. The van der Waals surface area contributed by atoms with Gasteiger partial charge in [-0.1, -0.05) is 0 Å². The lowest BCUT2D eigenvalue weighted by molar-refractivity contribution is -0.142. The number of halogens is 3. The van der Waals surface area contributed by atoms with E-state index in [0.717, 1.165) is 22.6 Å². The Kier molecular flexibility index (Phi) is 5.94. The van der Waals surface area contributed by atoms with Gasteiger partial charge in [-0.3, -0.25) is 19.0 Å². The minimum Gasteiger partial charge on any atom is -0.341 e. The number of carbonyl (C=O) groups excluding carboxylic acids is 2. The summed E-state index contributed by atoms with van der Waals surface area (Å²) in [5.41, 5.74) is 0.535. The Bertz CT molecular complexity index is 881. The third kappa shape index (κ3) is 5.15. The molecule has 3 heterocycles. The molecule has 0 saturated carbocycles. The summed E-state index contributed by atoms with van der Waals surface area (Å²) in [4.78, 5) is 26.2. The molecule has 1 aliphatic rings. The predicted molar refractivity (Wildman–Crippen MR) is 97.7 cm³/mol. The highest BCUT2D eigenvalue weighted by atomic mass is 19.4. The number of piperidine rings is 1. The van der Waals surface area contributed by atoms with Gasteiger partial charge in [0.25, 0.3) is 0 Å². The maximum Gasteiger partial charge on any atom is 0.435 e. The van der Waals surface area contributed by atoms with Gasteiger partial charge in [0.1, 0.15) is 6.54 Å². The van der Waals surface area contributed by atoms with Crippen LogP contribution in [0.3, 0.4) is 0 Å². The Morgan fingerprint density at radius 3 is 2.52 bits per heavy atom. The first kappa shape index (κ1) is 20.9. The zero-order chi connectivity index (χ0) is 21.2. The van der Waals surface area contributed by atoms with Crippen LogP contribution >= 0.6 is 0 Å². The van der Waals surface area contributed by atoms with E-state index >= 15 is 0 Å². The molecule has 2 amide bonds. The van der Waals surface area contributed by atoms with Crippen molar-refractivity contribution in [3.8, 4) is 0 Å². The molecule has 2 aromatic heterocycles. The zero-order valence-corrected chi connectivity index (χ0v) is 16.2. The number of hydrogen-bond donors (Lipinski definition) is 1. The molecule has 158 valence electrons. The van der Waals surface area contributed by atoms with E-state index in [1.807, 2.05) is 6.92 Å². The van der Waals surface area contributed by atoms with Crippen LogP contribution in [0.5, 0.6) is 0 Å². The predicted octanol–water partition coefficient (Wildman–Crippen LogP) is 2.21. The van der Waals surface area contributed by atoms with E-state index in [9.17, 15) is 22.8 Å². The molecule has 3 rings (SSSR count). The van der Waals surface area contributed by atoms with Gasteiger partial charge in [0.05, 0.1) is 17.6 Å². The molecule has 0 aromatic carbocycles. The first-order chi connectivity index (χ1) is 13.6. The lowest BCUT2D eigenvalue weighted by Crippen LogP contribution is -2.41. The SMILES string of the molecule is Cc1c(NC(=O)CC2CCN(C(=O)Cn3ccc(C(F)(F)F)n3)CC2)cnn1C. The van der Waals surface area contributed by atoms with Crippen LogP contribution in [0.1, 0.15) is 30.7 Å². The molecule has 0 bridgehead atoms. The van der Waals surface area contributed by atoms with Crippen LogP contribution in [-0.4, -0.2) is 49.4 Å². The Hall–Kier alpha value is -2.85. The van der Waals surface area contributed by atoms with Gasteiger partial charge < -0.3 is 10.2 Å². The van der Waals surface area contributed by atoms with E-state index in [0.29, 0.717) is 38.0 Å². The van der Waals surface area contributed by atoms with Crippen LogP contribution in [0.2, 0.25) is 0 Å². The van der Waals surface area contributed by atoms with Crippen LogP contribution in [0, 0.1) is 12.8 Å². The second-order valence-corrected chi connectivity index (χ2v) is 7.24. The summed E-state index contributed by atoms with van der Waals surface area (Å²) in [6.45, 7) is 2.57. The molecule has 2 aromatic rings. The lowest BCUT2D eigenvalue weighted by atomic mass is 9.93. The van der Waals surface area contributed by atoms with E-state index in [4.69, 9.17) is 0 Å². The first-order valence-electron chi connectivity index (χ1n) is 9.30. The molecule has 11 heteroatoms. The number of anilines is 1. The number of alkyl halides is 3. The second-order valence-electron chi connectivity index (χ2n) is 7.24. The largest absolute Gasteiger partial charge is 0.435 e. The summed E-state index contributed by atoms with van der Waals surface area (Å²) in [6, 6.07) is 0.849. The molecular formula is C18H23F3N6O2. The minimum absolute atomic E-state index is 0.0953. The van der Waals surface area contributed by atoms with Crippen molar-refractivity contribution in [3.05, 3.63) is 29.8 Å². The number of hydrogen-bond acceptors (Lipinski definition) is 4. The lowest BCUT2D eigenvalue weighted by Gasteiger charge is -2.31. The molecule has 1 saturated heterocycles. The summed E-state index contributed by atoms with van der Waals surface area (Å²) < 4.78 is 40.5. The van der Waals surface area contributed by atoms with Gasteiger partial charge in [-0.2, -0.15) is 23.4 Å². The zero-order valence-electron chi connectivity index (χ0n) is 16.2. The standard InChI is InChI=1S/C18H23F3N6O2/c1-12-14(10-22-25(12)2)23-16(28)9-13-3-6-26(7-4-13)17(29)11-27-8-5-15(24-27)18(19,20)21/h5,8,10,13H,3-4,6-7,9,11H2,1-2H3,(H,23,28). The third-order valence-corrected chi connectivity index (χ3v) is 5.18. The van der Waals surface area contributed by atoms with Gasteiger partial charge in [0, 0.05) is 32.8 Å². The topological polar surface area (TPSA) is 85.1 Å². The first-order valence-corrected chi connectivity index (χ1v) is 9.30. The van der Waals surface area contributed by atoms with Crippen LogP contribution in [-0.2, 0) is 29.4 Å². The van der Waals surface area contributed by atoms with Crippen molar-refractivity contribution in [2.75, 3.05) is 18.4 Å².